The van der Waals surface area contributed by atoms with Crippen LogP contribution in [0.5, 0.6) is 5.75 Å². The number of carbonyl (C=O) groups excluding carboxylic acids is 2. The zero-order chi connectivity index (χ0) is 21.3. The van der Waals surface area contributed by atoms with E-state index in [1.54, 1.807) is 17.9 Å². The molecule has 1 atom stereocenters. The summed E-state index contributed by atoms with van der Waals surface area (Å²) in [5.74, 6) is -0.0197. The van der Waals surface area contributed by atoms with Crippen LogP contribution in [0.4, 0.5) is 5.69 Å². The molecule has 6 heteroatoms. The fourth-order valence-corrected chi connectivity index (χ4v) is 3.41. The summed E-state index contributed by atoms with van der Waals surface area (Å²) in [6, 6.07) is 17.6. The number of amides is 1. The van der Waals surface area contributed by atoms with Crippen molar-refractivity contribution >= 4 is 23.6 Å². The van der Waals surface area contributed by atoms with Crippen LogP contribution in [-0.4, -0.2) is 55.7 Å². The van der Waals surface area contributed by atoms with Gasteiger partial charge in [-0.2, -0.15) is 0 Å². The number of hydrogen-bond donors (Lipinski definition) is 0. The molecule has 0 unspecified atom stereocenters. The highest BCUT2D eigenvalue weighted by Gasteiger charge is 2.26. The smallest absolute Gasteiger partial charge is 0.331 e. The predicted octanol–water partition coefficient (Wildman–Crippen LogP) is 3.38. The minimum atomic E-state index is -0.826. The van der Waals surface area contributed by atoms with E-state index in [1.165, 1.54) is 6.08 Å². The zero-order valence-corrected chi connectivity index (χ0v) is 17.5. The van der Waals surface area contributed by atoms with Crippen LogP contribution < -0.4 is 9.64 Å². The molecule has 0 N–H and O–H groups in total. The summed E-state index contributed by atoms with van der Waals surface area (Å²) in [7, 11) is 0. The number of nitrogens with zero attached hydrogens (tertiary/aromatic N) is 2. The van der Waals surface area contributed by atoms with E-state index in [0.717, 1.165) is 24.3 Å². The molecule has 1 aliphatic heterocycles. The topological polar surface area (TPSA) is 59.1 Å². The first-order chi connectivity index (χ1) is 14.6. The van der Waals surface area contributed by atoms with Crippen LogP contribution in [0.25, 0.3) is 6.08 Å². The van der Waals surface area contributed by atoms with Crippen LogP contribution in [0.1, 0.15) is 19.4 Å². The van der Waals surface area contributed by atoms with Crippen molar-refractivity contribution in [3.05, 3.63) is 66.2 Å². The Kier molecular flexibility index (Phi) is 7.49. The van der Waals surface area contributed by atoms with Crippen molar-refractivity contribution in [2.45, 2.75) is 20.0 Å². The van der Waals surface area contributed by atoms with E-state index in [-0.39, 0.29) is 5.91 Å². The van der Waals surface area contributed by atoms with Crippen LogP contribution in [0.2, 0.25) is 0 Å². The lowest BCUT2D eigenvalue weighted by Gasteiger charge is -2.36. The fraction of sp³-hybridized carbons (Fsp3) is 0.333. The Bertz CT molecular complexity index is 874. The number of benzene rings is 2. The Balaban J connectivity index is 1.50. The van der Waals surface area contributed by atoms with Gasteiger partial charge in [-0.1, -0.05) is 36.4 Å². The van der Waals surface area contributed by atoms with Crippen molar-refractivity contribution in [1.29, 1.82) is 0 Å². The van der Waals surface area contributed by atoms with Crippen molar-refractivity contribution in [3.63, 3.8) is 0 Å². The third-order valence-electron chi connectivity index (χ3n) is 4.97. The van der Waals surface area contributed by atoms with Crippen LogP contribution in [0.3, 0.4) is 0 Å². The molecular formula is C24H28N2O4. The Morgan fingerprint density at radius 3 is 2.37 bits per heavy atom. The van der Waals surface area contributed by atoms with Crippen molar-refractivity contribution in [2.75, 3.05) is 37.7 Å². The number of hydrogen-bond acceptors (Lipinski definition) is 5. The molecule has 0 radical (unpaired) electrons. The van der Waals surface area contributed by atoms with Crippen molar-refractivity contribution in [1.82, 2.24) is 4.90 Å². The second-order valence-corrected chi connectivity index (χ2v) is 7.03. The molecule has 0 aliphatic carbocycles. The van der Waals surface area contributed by atoms with E-state index in [9.17, 15) is 9.59 Å². The average Bonchev–Trinajstić information content (AvgIpc) is 2.79. The van der Waals surface area contributed by atoms with Gasteiger partial charge in [-0.05, 0) is 38.1 Å². The van der Waals surface area contributed by atoms with Crippen LogP contribution in [0.15, 0.2) is 60.7 Å². The molecule has 0 spiro atoms. The molecule has 0 saturated carbocycles. The first-order valence-corrected chi connectivity index (χ1v) is 10.3. The summed E-state index contributed by atoms with van der Waals surface area (Å²) < 4.78 is 10.9. The molecule has 30 heavy (non-hydrogen) atoms. The molecule has 1 amide bonds. The van der Waals surface area contributed by atoms with Crippen molar-refractivity contribution in [2.24, 2.45) is 0 Å². The predicted molar refractivity (Wildman–Crippen MR) is 117 cm³/mol. The molecule has 1 saturated heterocycles. The monoisotopic (exact) mass is 408 g/mol. The molecule has 2 aromatic carbocycles. The summed E-state index contributed by atoms with van der Waals surface area (Å²) in [6.07, 6.45) is 2.14. The van der Waals surface area contributed by atoms with E-state index in [0.29, 0.717) is 25.4 Å². The second-order valence-electron chi connectivity index (χ2n) is 7.03. The normalized spacial score (nSPS) is 15.1. The molecule has 0 bridgehead atoms. The maximum absolute atomic E-state index is 12.7. The number of carbonyl (C=O) groups is 2. The molecule has 6 nitrogen and oxygen atoms in total. The molecule has 1 heterocycles. The van der Waals surface area contributed by atoms with E-state index in [4.69, 9.17) is 9.47 Å². The van der Waals surface area contributed by atoms with Crippen molar-refractivity contribution in [3.8, 4) is 5.75 Å². The van der Waals surface area contributed by atoms with E-state index < -0.39 is 12.1 Å². The third-order valence-corrected chi connectivity index (χ3v) is 4.97. The lowest BCUT2D eigenvalue weighted by Crippen LogP contribution is -2.51. The van der Waals surface area contributed by atoms with Gasteiger partial charge in [0.15, 0.2) is 6.10 Å². The molecular weight excluding hydrogens is 380 g/mol. The first kappa shape index (κ1) is 21.4. The SMILES string of the molecule is CCOc1ccccc1/C=C/C(=O)O[C@H](C)C(=O)N1CCN(c2ccccc2)CC1. The Morgan fingerprint density at radius 1 is 1.00 bits per heavy atom. The van der Waals surface area contributed by atoms with Gasteiger partial charge in [0.05, 0.1) is 6.61 Å². The number of rotatable bonds is 7. The van der Waals surface area contributed by atoms with Gasteiger partial charge in [0, 0.05) is 43.5 Å². The summed E-state index contributed by atoms with van der Waals surface area (Å²) in [6.45, 7) is 6.78. The third kappa shape index (κ3) is 5.63. The van der Waals surface area contributed by atoms with Crippen molar-refractivity contribution < 1.29 is 19.1 Å². The van der Waals surface area contributed by atoms with Crippen LogP contribution in [-0.2, 0) is 14.3 Å². The maximum atomic E-state index is 12.7. The van der Waals surface area contributed by atoms with Gasteiger partial charge < -0.3 is 19.3 Å². The number of anilines is 1. The summed E-state index contributed by atoms with van der Waals surface area (Å²) >= 11 is 0. The van der Waals surface area contributed by atoms with E-state index in [1.807, 2.05) is 49.4 Å². The first-order valence-electron chi connectivity index (χ1n) is 10.3. The Labute approximate surface area is 177 Å². The number of piperazine rings is 1. The van der Waals surface area contributed by atoms with Gasteiger partial charge in [-0.3, -0.25) is 4.79 Å². The minimum absolute atomic E-state index is 0.167. The van der Waals surface area contributed by atoms with Crippen LogP contribution >= 0.6 is 0 Å². The molecule has 1 aliphatic rings. The van der Waals surface area contributed by atoms with E-state index in [2.05, 4.69) is 17.0 Å². The van der Waals surface area contributed by atoms with Gasteiger partial charge in [0.2, 0.25) is 0 Å². The highest BCUT2D eigenvalue weighted by Crippen LogP contribution is 2.20. The minimum Gasteiger partial charge on any atom is -0.493 e. The molecule has 1 fully saturated rings. The molecule has 2 aromatic rings. The van der Waals surface area contributed by atoms with Gasteiger partial charge >= 0.3 is 5.97 Å². The zero-order valence-electron chi connectivity index (χ0n) is 17.5. The van der Waals surface area contributed by atoms with Gasteiger partial charge in [-0.15, -0.1) is 0 Å². The largest absolute Gasteiger partial charge is 0.493 e. The average molecular weight is 408 g/mol. The van der Waals surface area contributed by atoms with Gasteiger partial charge in [0.1, 0.15) is 5.75 Å². The maximum Gasteiger partial charge on any atom is 0.331 e. The molecule has 158 valence electrons. The van der Waals surface area contributed by atoms with Crippen LogP contribution in [0, 0.1) is 0 Å². The summed E-state index contributed by atoms with van der Waals surface area (Å²) in [5.41, 5.74) is 1.94. The highest BCUT2D eigenvalue weighted by molar-refractivity contribution is 5.90. The summed E-state index contributed by atoms with van der Waals surface area (Å²) in [4.78, 5) is 28.9. The van der Waals surface area contributed by atoms with E-state index >= 15 is 0 Å². The fourth-order valence-electron chi connectivity index (χ4n) is 3.41. The summed E-state index contributed by atoms with van der Waals surface area (Å²) in [5, 5.41) is 0. The second kappa shape index (κ2) is 10.5. The van der Waals surface area contributed by atoms with Gasteiger partial charge in [-0.25, -0.2) is 4.79 Å². The molecule has 3 rings (SSSR count). The number of para-hydroxylation sites is 2. The van der Waals surface area contributed by atoms with Gasteiger partial charge in [0.25, 0.3) is 5.91 Å². The Morgan fingerprint density at radius 2 is 1.67 bits per heavy atom. The Hall–Kier alpha value is -3.28. The lowest BCUT2D eigenvalue weighted by atomic mass is 10.2. The number of esters is 1. The standard InChI is InChI=1S/C24H28N2O4/c1-3-29-22-12-8-7-9-20(22)13-14-23(27)30-19(2)24(28)26-17-15-25(16-18-26)21-10-5-4-6-11-21/h4-14,19H,3,15-18H2,1-2H3/b14-13+/t19-/m1/s1. The quantitative estimate of drug-likeness (QED) is 0.519. The highest BCUT2D eigenvalue weighted by atomic mass is 16.5. The molecule has 0 aromatic heterocycles. The number of ether oxygens (including phenoxy) is 2. The lowest BCUT2D eigenvalue weighted by molar-refractivity contribution is -0.155.